The summed E-state index contributed by atoms with van der Waals surface area (Å²) in [5.41, 5.74) is 3.52. The summed E-state index contributed by atoms with van der Waals surface area (Å²) >= 11 is 3.51. The summed E-state index contributed by atoms with van der Waals surface area (Å²) in [6.45, 7) is 5.15. The largest absolute Gasteiger partial charge is 0.481 e. The fraction of sp³-hybridized carbons (Fsp3) is 0.375. The van der Waals surface area contributed by atoms with E-state index < -0.39 is 0 Å². The van der Waals surface area contributed by atoms with E-state index in [-0.39, 0.29) is 6.04 Å². The molecule has 0 radical (unpaired) electrons. The van der Waals surface area contributed by atoms with Crippen LogP contribution in [0.1, 0.15) is 29.8 Å². The molecule has 2 aromatic rings. The van der Waals surface area contributed by atoms with Gasteiger partial charge in [-0.15, -0.1) is 0 Å². The summed E-state index contributed by atoms with van der Waals surface area (Å²) in [5.74, 6) is 0.600. The lowest BCUT2D eigenvalue weighted by Crippen LogP contribution is -2.24. The molecule has 112 valence electrons. The Morgan fingerprint density at radius 3 is 2.76 bits per heavy atom. The van der Waals surface area contributed by atoms with E-state index in [9.17, 15) is 0 Å². The Morgan fingerprint density at radius 1 is 1.29 bits per heavy atom. The SMILES string of the molecule is CCNC(Cc1cc(OC)ncn1)c1ccc(Br)cc1C. The zero-order valence-electron chi connectivity index (χ0n) is 12.6. The fourth-order valence-electron chi connectivity index (χ4n) is 2.38. The molecule has 1 aromatic carbocycles. The molecule has 0 aliphatic heterocycles. The van der Waals surface area contributed by atoms with Crippen molar-refractivity contribution in [3.63, 3.8) is 0 Å². The average Bonchev–Trinajstić information content (AvgIpc) is 2.47. The molecule has 21 heavy (non-hydrogen) atoms. The number of hydrogen-bond acceptors (Lipinski definition) is 4. The van der Waals surface area contributed by atoms with Crippen LogP contribution in [0.15, 0.2) is 35.1 Å². The van der Waals surface area contributed by atoms with Gasteiger partial charge in [0.2, 0.25) is 5.88 Å². The summed E-state index contributed by atoms with van der Waals surface area (Å²) in [6, 6.07) is 8.49. The van der Waals surface area contributed by atoms with Gasteiger partial charge in [-0.1, -0.05) is 28.9 Å². The Balaban J connectivity index is 2.26. The minimum atomic E-state index is 0.225. The zero-order valence-corrected chi connectivity index (χ0v) is 14.1. The van der Waals surface area contributed by atoms with Crippen molar-refractivity contribution in [2.45, 2.75) is 26.3 Å². The Bertz CT molecular complexity index is 604. The highest BCUT2D eigenvalue weighted by Crippen LogP contribution is 2.24. The molecule has 1 heterocycles. The molecular formula is C16H20BrN3O. The van der Waals surface area contributed by atoms with E-state index in [2.05, 4.69) is 63.3 Å². The van der Waals surface area contributed by atoms with Crippen molar-refractivity contribution in [2.75, 3.05) is 13.7 Å². The van der Waals surface area contributed by atoms with Crippen molar-refractivity contribution in [2.24, 2.45) is 0 Å². The van der Waals surface area contributed by atoms with E-state index in [1.807, 2.05) is 6.07 Å². The Labute approximate surface area is 134 Å². The first-order valence-corrected chi connectivity index (χ1v) is 7.77. The van der Waals surface area contributed by atoms with Gasteiger partial charge in [-0.3, -0.25) is 0 Å². The number of aryl methyl sites for hydroxylation is 1. The third-order valence-electron chi connectivity index (χ3n) is 3.38. The number of likely N-dealkylation sites (N-methyl/N-ethyl adjacent to an activating group) is 1. The van der Waals surface area contributed by atoms with Gasteiger partial charge in [-0.25, -0.2) is 9.97 Å². The second kappa shape index (κ2) is 7.52. The Morgan fingerprint density at radius 2 is 2.10 bits per heavy atom. The molecule has 4 nitrogen and oxygen atoms in total. The lowest BCUT2D eigenvalue weighted by molar-refractivity contribution is 0.395. The van der Waals surface area contributed by atoms with Crippen LogP contribution >= 0.6 is 15.9 Å². The highest BCUT2D eigenvalue weighted by atomic mass is 79.9. The molecule has 0 aliphatic carbocycles. The third kappa shape index (κ3) is 4.25. The minimum Gasteiger partial charge on any atom is -0.481 e. The molecule has 0 saturated carbocycles. The topological polar surface area (TPSA) is 47.0 Å². The van der Waals surface area contributed by atoms with Crippen LogP contribution in [-0.4, -0.2) is 23.6 Å². The van der Waals surface area contributed by atoms with E-state index in [1.165, 1.54) is 11.1 Å². The van der Waals surface area contributed by atoms with Gasteiger partial charge in [-0.05, 0) is 36.7 Å². The highest BCUT2D eigenvalue weighted by molar-refractivity contribution is 9.10. The predicted molar refractivity (Wildman–Crippen MR) is 87.6 cm³/mol. The van der Waals surface area contributed by atoms with Gasteiger partial charge < -0.3 is 10.1 Å². The number of halogens is 1. The molecule has 5 heteroatoms. The Kier molecular flexibility index (Phi) is 5.70. The van der Waals surface area contributed by atoms with Gasteiger partial charge in [0.15, 0.2) is 0 Å². The average molecular weight is 350 g/mol. The monoisotopic (exact) mass is 349 g/mol. The molecule has 1 unspecified atom stereocenters. The molecular weight excluding hydrogens is 330 g/mol. The van der Waals surface area contributed by atoms with Crippen LogP contribution in [0.3, 0.4) is 0 Å². The Hall–Kier alpha value is -1.46. The number of nitrogens with zero attached hydrogens (tertiary/aromatic N) is 2. The first kappa shape index (κ1) is 15.9. The standard InChI is InChI=1S/C16H20BrN3O/c1-4-18-15(14-6-5-12(17)7-11(14)2)8-13-9-16(21-3)20-10-19-13/h5-7,9-10,15,18H,4,8H2,1-3H3. The molecule has 0 saturated heterocycles. The normalized spacial score (nSPS) is 12.2. The maximum Gasteiger partial charge on any atom is 0.216 e. The summed E-state index contributed by atoms with van der Waals surface area (Å²) < 4.78 is 6.26. The molecule has 0 aliphatic rings. The van der Waals surface area contributed by atoms with E-state index in [1.54, 1.807) is 13.4 Å². The van der Waals surface area contributed by atoms with E-state index in [0.29, 0.717) is 5.88 Å². The first-order chi connectivity index (χ1) is 10.1. The molecule has 0 fully saturated rings. The van der Waals surface area contributed by atoms with Crippen LogP contribution in [-0.2, 0) is 6.42 Å². The van der Waals surface area contributed by atoms with Crippen LogP contribution < -0.4 is 10.1 Å². The molecule has 0 spiro atoms. The second-order valence-corrected chi connectivity index (χ2v) is 5.78. The molecule has 1 atom stereocenters. The number of aromatic nitrogens is 2. The molecule has 0 amide bonds. The van der Waals surface area contributed by atoms with Crippen molar-refractivity contribution in [3.05, 3.63) is 51.9 Å². The fourth-order valence-corrected chi connectivity index (χ4v) is 2.85. The number of hydrogen-bond donors (Lipinski definition) is 1. The van der Waals surface area contributed by atoms with Crippen molar-refractivity contribution in [1.82, 2.24) is 15.3 Å². The van der Waals surface area contributed by atoms with Crippen molar-refractivity contribution in [1.29, 1.82) is 0 Å². The summed E-state index contributed by atoms with van der Waals surface area (Å²) in [6.07, 6.45) is 2.35. The molecule has 2 rings (SSSR count). The smallest absolute Gasteiger partial charge is 0.216 e. The minimum absolute atomic E-state index is 0.225. The van der Waals surface area contributed by atoms with Gasteiger partial charge in [-0.2, -0.15) is 0 Å². The van der Waals surface area contributed by atoms with Crippen LogP contribution in [0.25, 0.3) is 0 Å². The highest BCUT2D eigenvalue weighted by Gasteiger charge is 2.15. The maximum absolute atomic E-state index is 5.16. The number of rotatable bonds is 6. The lowest BCUT2D eigenvalue weighted by atomic mass is 9.97. The third-order valence-corrected chi connectivity index (χ3v) is 3.87. The second-order valence-electron chi connectivity index (χ2n) is 4.87. The summed E-state index contributed by atoms with van der Waals surface area (Å²) in [7, 11) is 1.62. The van der Waals surface area contributed by atoms with Gasteiger partial charge >= 0.3 is 0 Å². The van der Waals surface area contributed by atoms with Crippen LogP contribution in [0.2, 0.25) is 0 Å². The van der Waals surface area contributed by atoms with Crippen molar-refractivity contribution >= 4 is 15.9 Å². The number of benzene rings is 1. The van der Waals surface area contributed by atoms with Gasteiger partial charge in [0.1, 0.15) is 6.33 Å². The first-order valence-electron chi connectivity index (χ1n) is 6.98. The van der Waals surface area contributed by atoms with E-state index in [0.717, 1.165) is 23.1 Å². The maximum atomic E-state index is 5.16. The van der Waals surface area contributed by atoms with E-state index >= 15 is 0 Å². The van der Waals surface area contributed by atoms with Gasteiger partial charge in [0.05, 0.1) is 7.11 Å². The number of methoxy groups -OCH3 is 1. The predicted octanol–water partition coefficient (Wildman–Crippen LogP) is 3.45. The number of ether oxygens (including phenoxy) is 1. The van der Waals surface area contributed by atoms with E-state index in [4.69, 9.17) is 4.74 Å². The number of nitrogens with one attached hydrogen (secondary N) is 1. The van der Waals surface area contributed by atoms with Crippen LogP contribution in [0, 0.1) is 6.92 Å². The summed E-state index contributed by atoms with van der Waals surface area (Å²) in [5, 5.41) is 3.53. The quantitative estimate of drug-likeness (QED) is 0.867. The molecule has 1 N–H and O–H groups in total. The van der Waals surface area contributed by atoms with Gasteiger partial charge in [0, 0.05) is 28.7 Å². The van der Waals surface area contributed by atoms with Crippen molar-refractivity contribution < 1.29 is 4.74 Å². The molecule has 1 aromatic heterocycles. The molecule has 0 bridgehead atoms. The van der Waals surface area contributed by atoms with Crippen molar-refractivity contribution in [3.8, 4) is 5.88 Å². The van der Waals surface area contributed by atoms with Crippen LogP contribution in [0.5, 0.6) is 5.88 Å². The lowest BCUT2D eigenvalue weighted by Gasteiger charge is -2.20. The van der Waals surface area contributed by atoms with Crippen LogP contribution in [0.4, 0.5) is 0 Å². The zero-order chi connectivity index (χ0) is 15.2. The van der Waals surface area contributed by atoms with Gasteiger partial charge in [0.25, 0.3) is 0 Å². The summed E-state index contributed by atoms with van der Waals surface area (Å²) in [4.78, 5) is 8.39.